The van der Waals surface area contributed by atoms with Gasteiger partial charge in [-0.2, -0.15) is 5.10 Å². The highest BCUT2D eigenvalue weighted by Crippen LogP contribution is 2.21. The SMILES string of the molecule is Cc1cc(F)ccc1[C@H](C)n1cc(Cn2cc(CN)cn2)nn1. The molecule has 1 aromatic carbocycles. The zero-order chi connectivity index (χ0) is 16.4. The second kappa shape index (κ2) is 6.29. The standard InChI is InChI=1S/C16H19FN6/c1-11-5-14(17)3-4-16(11)12(2)23-10-15(20-21-23)9-22-8-13(6-18)7-19-22/h3-5,7-8,10,12H,6,9,18H2,1-2H3/t12-/m0/s1. The molecular formula is C16H19FN6. The van der Waals surface area contributed by atoms with Crippen molar-refractivity contribution in [3.05, 3.63) is 65.0 Å². The van der Waals surface area contributed by atoms with Crippen molar-refractivity contribution >= 4 is 0 Å². The van der Waals surface area contributed by atoms with Crippen LogP contribution in [0.2, 0.25) is 0 Å². The van der Waals surface area contributed by atoms with Gasteiger partial charge in [0.1, 0.15) is 11.5 Å². The number of hydrogen-bond acceptors (Lipinski definition) is 4. The van der Waals surface area contributed by atoms with Crippen LogP contribution >= 0.6 is 0 Å². The number of aryl methyl sites for hydroxylation is 1. The zero-order valence-corrected chi connectivity index (χ0v) is 13.1. The molecule has 2 heterocycles. The normalized spacial score (nSPS) is 12.5. The number of nitrogens with two attached hydrogens (primary N) is 1. The van der Waals surface area contributed by atoms with Gasteiger partial charge in [0.05, 0.1) is 25.0 Å². The van der Waals surface area contributed by atoms with E-state index in [0.29, 0.717) is 13.1 Å². The van der Waals surface area contributed by atoms with Gasteiger partial charge in [0.2, 0.25) is 0 Å². The lowest BCUT2D eigenvalue weighted by molar-refractivity contribution is 0.538. The fourth-order valence-corrected chi connectivity index (χ4v) is 2.59. The van der Waals surface area contributed by atoms with Crippen molar-refractivity contribution in [3.63, 3.8) is 0 Å². The molecule has 1 atom stereocenters. The predicted molar refractivity (Wildman–Crippen MR) is 84.2 cm³/mol. The number of rotatable bonds is 5. The molecule has 3 rings (SSSR count). The van der Waals surface area contributed by atoms with Crippen molar-refractivity contribution in [1.29, 1.82) is 0 Å². The molecule has 0 bridgehead atoms. The monoisotopic (exact) mass is 314 g/mol. The maximum Gasteiger partial charge on any atom is 0.123 e. The molecule has 0 saturated heterocycles. The lowest BCUT2D eigenvalue weighted by Crippen LogP contribution is -2.09. The number of halogens is 1. The number of nitrogens with zero attached hydrogens (tertiary/aromatic N) is 5. The number of hydrogen-bond donors (Lipinski definition) is 1. The molecule has 3 aromatic rings. The van der Waals surface area contributed by atoms with Gasteiger partial charge in [0.15, 0.2) is 0 Å². The van der Waals surface area contributed by atoms with E-state index in [0.717, 1.165) is 22.4 Å². The van der Waals surface area contributed by atoms with E-state index >= 15 is 0 Å². The Labute approximate surface area is 133 Å². The summed E-state index contributed by atoms with van der Waals surface area (Å²) in [6, 6.07) is 4.77. The predicted octanol–water partition coefficient (Wildman–Crippen LogP) is 2.04. The fraction of sp³-hybridized carbons (Fsp3) is 0.312. The average molecular weight is 314 g/mol. The zero-order valence-electron chi connectivity index (χ0n) is 13.1. The molecule has 23 heavy (non-hydrogen) atoms. The highest BCUT2D eigenvalue weighted by Gasteiger charge is 2.13. The first-order valence-electron chi connectivity index (χ1n) is 7.45. The molecule has 0 amide bonds. The van der Waals surface area contributed by atoms with Crippen LogP contribution in [0.3, 0.4) is 0 Å². The fourth-order valence-electron chi connectivity index (χ4n) is 2.59. The van der Waals surface area contributed by atoms with Gasteiger partial charge in [-0.1, -0.05) is 11.3 Å². The number of aromatic nitrogens is 5. The summed E-state index contributed by atoms with van der Waals surface area (Å²) >= 11 is 0. The van der Waals surface area contributed by atoms with Gasteiger partial charge in [-0.05, 0) is 37.1 Å². The number of benzene rings is 1. The Hall–Kier alpha value is -2.54. The van der Waals surface area contributed by atoms with Crippen LogP contribution in [0.4, 0.5) is 4.39 Å². The third kappa shape index (κ3) is 3.29. The minimum Gasteiger partial charge on any atom is -0.326 e. The van der Waals surface area contributed by atoms with Crippen LogP contribution in [-0.4, -0.2) is 24.8 Å². The maximum atomic E-state index is 13.2. The van der Waals surface area contributed by atoms with Crippen molar-refractivity contribution in [2.75, 3.05) is 0 Å². The highest BCUT2D eigenvalue weighted by atomic mass is 19.1. The summed E-state index contributed by atoms with van der Waals surface area (Å²) < 4.78 is 16.8. The molecule has 0 unspecified atom stereocenters. The summed E-state index contributed by atoms with van der Waals surface area (Å²) in [5, 5.41) is 12.6. The van der Waals surface area contributed by atoms with Gasteiger partial charge in [0.25, 0.3) is 0 Å². The Morgan fingerprint density at radius 3 is 2.83 bits per heavy atom. The second-order valence-electron chi connectivity index (χ2n) is 5.62. The van der Waals surface area contributed by atoms with Gasteiger partial charge >= 0.3 is 0 Å². The first kappa shape index (κ1) is 15.4. The largest absolute Gasteiger partial charge is 0.326 e. The summed E-state index contributed by atoms with van der Waals surface area (Å²) in [4.78, 5) is 0. The smallest absolute Gasteiger partial charge is 0.123 e. The molecule has 0 radical (unpaired) electrons. The third-order valence-corrected chi connectivity index (χ3v) is 3.88. The minimum absolute atomic E-state index is 0.0194. The van der Waals surface area contributed by atoms with E-state index in [2.05, 4.69) is 15.4 Å². The molecule has 0 spiro atoms. The average Bonchev–Trinajstić information content (AvgIpc) is 3.16. The summed E-state index contributed by atoms with van der Waals surface area (Å²) in [5.74, 6) is -0.230. The van der Waals surface area contributed by atoms with Crippen molar-refractivity contribution in [1.82, 2.24) is 24.8 Å². The van der Waals surface area contributed by atoms with Crippen LogP contribution < -0.4 is 5.73 Å². The molecule has 2 N–H and O–H groups in total. The maximum absolute atomic E-state index is 13.2. The first-order chi connectivity index (χ1) is 11.1. The van der Waals surface area contributed by atoms with E-state index in [1.54, 1.807) is 21.6 Å². The van der Waals surface area contributed by atoms with E-state index in [4.69, 9.17) is 5.73 Å². The lowest BCUT2D eigenvalue weighted by Gasteiger charge is -2.14. The molecule has 0 aliphatic heterocycles. The quantitative estimate of drug-likeness (QED) is 0.782. The molecule has 0 saturated carbocycles. The Morgan fingerprint density at radius 1 is 1.30 bits per heavy atom. The van der Waals surface area contributed by atoms with Crippen molar-refractivity contribution in [3.8, 4) is 0 Å². The Morgan fingerprint density at radius 2 is 2.13 bits per heavy atom. The summed E-state index contributed by atoms with van der Waals surface area (Å²) in [7, 11) is 0. The Balaban J connectivity index is 1.78. The molecule has 6 nitrogen and oxygen atoms in total. The molecule has 120 valence electrons. The van der Waals surface area contributed by atoms with E-state index < -0.39 is 0 Å². The topological polar surface area (TPSA) is 74.5 Å². The molecule has 0 fully saturated rings. The highest BCUT2D eigenvalue weighted by molar-refractivity contribution is 5.29. The molecule has 0 aliphatic carbocycles. The van der Waals surface area contributed by atoms with E-state index in [-0.39, 0.29) is 11.9 Å². The Kier molecular flexibility index (Phi) is 4.20. The molecule has 0 aliphatic rings. The van der Waals surface area contributed by atoms with E-state index in [1.165, 1.54) is 12.1 Å². The van der Waals surface area contributed by atoms with Crippen LogP contribution in [-0.2, 0) is 13.1 Å². The van der Waals surface area contributed by atoms with Crippen molar-refractivity contribution in [2.45, 2.75) is 33.0 Å². The van der Waals surface area contributed by atoms with Crippen LogP contribution in [0.1, 0.15) is 35.3 Å². The first-order valence-corrected chi connectivity index (χ1v) is 7.45. The third-order valence-electron chi connectivity index (χ3n) is 3.88. The van der Waals surface area contributed by atoms with Gasteiger partial charge in [-0.25, -0.2) is 9.07 Å². The molecular weight excluding hydrogens is 295 g/mol. The van der Waals surface area contributed by atoms with Crippen molar-refractivity contribution < 1.29 is 4.39 Å². The van der Waals surface area contributed by atoms with Gasteiger partial charge in [-0.3, -0.25) is 4.68 Å². The van der Waals surface area contributed by atoms with Crippen LogP contribution in [0.15, 0.2) is 36.8 Å². The minimum atomic E-state index is -0.230. The molecule has 7 heteroatoms. The second-order valence-corrected chi connectivity index (χ2v) is 5.62. The van der Waals surface area contributed by atoms with E-state index in [1.807, 2.05) is 26.2 Å². The van der Waals surface area contributed by atoms with Crippen LogP contribution in [0.5, 0.6) is 0 Å². The lowest BCUT2D eigenvalue weighted by atomic mass is 10.0. The van der Waals surface area contributed by atoms with E-state index in [9.17, 15) is 4.39 Å². The van der Waals surface area contributed by atoms with Crippen LogP contribution in [0, 0.1) is 12.7 Å². The van der Waals surface area contributed by atoms with Gasteiger partial charge in [-0.15, -0.1) is 5.10 Å². The molecule has 2 aromatic heterocycles. The summed E-state index contributed by atoms with van der Waals surface area (Å²) in [6.45, 7) is 4.91. The van der Waals surface area contributed by atoms with Crippen molar-refractivity contribution in [2.24, 2.45) is 5.73 Å². The summed E-state index contributed by atoms with van der Waals surface area (Å²) in [5.41, 5.74) is 9.28. The van der Waals surface area contributed by atoms with Gasteiger partial charge in [0, 0.05) is 18.3 Å². The summed E-state index contributed by atoms with van der Waals surface area (Å²) in [6.07, 6.45) is 5.53. The Bertz CT molecular complexity index is 807. The van der Waals surface area contributed by atoms with Crippen LogP contribution in [0.25, 0.3) is 0 Å². The van der Waals surface area contributed by atoms with Gasteiger partial charge < -0.3 is 5.73 Å².